The number of ether oxygens (including phenoxy) is 1. The van der Waals surface area contributed by atoms with Gasteiger partial charge in [0.25, 0.3) is 0 Å². The third-order valence-electron chi connectivity index (χ3n) is 4.53. The van der Waals surface area contributed by atoms with Gasteiger partial charge < -0.3 is 9.84 Å². The van der Waals surface area contributed by atoms with Crippen LogP contribution < -0.4 is 4.48 Å². The molecular formula is C16H21N2O7+. The number of fused-ring (bicyclic) bond motifs is 1. The molecule has 1 aromatic heterocycles. The molecule has 0 spiro atoms. The van der Waals surface area contributed by atoms with Crippen LogP contribution in [0.25, 0.3) is 0 Å². The lowest BCUT2D eigenvalue weighted by molar-refractivity contribution is -0.247. The number of carbonyl (C=O) groups excluding carboxylic acids is 2. The largest absolute Gasteiger partial charge is 0.521 e. The Morgan fingerprint density at radius 3 is 2.44 bits per heavy atom. The summed E-state index contributed by atoms with van der Waals surface area (Å²) < 4.78 is 3.85. The van der Waals surface area contributed by atoms with Gasteiger partial charge in [-0.1, -0.05) is 0 Å². The molecule has 0 saturated heterocycles. The summed E-state index contributed by atoms with van der Waals surface area (Å²) in [7, 11) is 0. The summed E-state index contributed by atoms with van der Waals surface area (Å²) in [6.07, 6.45) is -0.423. The summed E-state index contributed by atoms with van der Waals surface area (Å²) in [6.45, 7) is 6.13. The van der Waals surface area contributed by atoms with Gasteiger partial charge in [-0.25, -0.2) is 14.6 Å². The molecule has 2 unspecified atom stereocenters. The number of carboxylic acid groups (broad SMARTS) is 1. The summed E-state index contributed by atoms with van der Waals surface area (Å²) in [6, 6.07) is 3.15. The lowest BCUT2D eigenvalue weighted by Gasteiger charge is -2.46. The maximum atomic E-state index is 12.9. The second kappa shape index (κ2) is 6.08. The summed E-state index contributed by atoms with van der Waals surface area (Å²) in [5.41, 5.74) is -3.17. The zero-order chi connectivity index (χ0) is 19.0. The smallest absolute Gasteiger partial charge is 0.461 e. The number of rotatable bonds is 3. The van der Waals surface area contributed by atoms with Gasteiger partial charge in [-0.05, 0) is 39.8 Å². The number of carbonyl (C=O) groups is 3. The monoisotopic (exact) mass is 353 g/mol. The van der Waals surface area contributed by atoms with Gasteiger partial charge in [-0.15, -0.1) is 4.48 Å². The molecule has 0 saturated carbocycles. The van der Waals surface area contributed by atoms with Gasteiger partial charge in [0.2, 0.25) is 5.82 Å². The highest BCUT2D eigenvalue weighted by Gasteiger charge is 2.79. The van der Waals surface area contributed by atoms with Crippen molar-refractivity contribution in [2.45, 2.75) is 45.2 Å². The lowest BCUT2D eigenvalue weighted by Crippen LogP contribution is -2.80. The Bertz CT molecular complexity index is 727. The van der Waals surface area contributed by atoms with Crippen molar-refractivity contribution < 1.29 is 34.4 Å². The first-order valence-electron chi connectivity index (χ1n) is 7.71. The van der Waals surface area contributed by atoms with E-state index in [1.54, 1.807) is 32.9 Å². The van der Waals surface area contributed by atoms with Crippen molar-refractivity contribution in [3.05, 3.63) is 23.9 Å². The van der Waals surface area contributed by atoms with Crippen LogP contribution in [0.3, 0.4) is 0 Å². The van der Waals surface area contributed by atoms with Crippen LogP contribution in [0.15, 0.2) is 18.3 Å². The van der Waals surface area contributed by atoms with E-state index in [0.717, 1.165) is 0 Å². The number of aromatic nitrogens is 1. The number of hydrogen-bond acceptors (Lipinski definition) is 7. The molecule has 0 aromatic carbocycles. The van der Waals surface area contributed by atoms with Gasteiger partial charge in [0.15, 0.2) is 0 Å². The molecule has 0 radical (unpaired) electrons. The fourth-order valence-corrected chi connectivity index (χ4v) is 3.70. The normalized spacial score (nSPS) is 25.2. The molecule has 9 nitrogen and oxygen atoms in total. The van der Waals surface area contributed by atoms with Crippen LogP contribution in [0.1, 0.15) is 33.3 Å². The molecule has 0 bridgehead atoms. The van der Waals surface area contributed by atoms with E-state index in [4.69, 9.17) is 9.99 Å². The van der Waals surface area contributed by atoms with Crippen LogP contribution in [-0.2, 0) is 25.6 Å². The average Bonchev–Trinajstić information content (AvgIpc) is 2.86. The van der Waals surface area contributed by atoms with Gasteiger partial charge >= 0.3 is 23.6 Å². The third-order valence-corrected chi connectivity index (χ3v) is 4.53. The van der Waals surface area contributed by atoms with Crippen LogP contribution in [0.2, 0.25) is 0 Å². The van der Waals surface area contributed by atoms with E-state index in [1.165, 1.54) is 13.1 Å². The highest BCUT2D eigenvalue weighted by Crippen LogP contribution is 2.51. The SMILES string of the molecule is CCOC(=O)C1(C(=O)OO)Cc2cccnc2[N+]1(C(=O)O)C(C)(C)C. The second-order valence-electron chi connectivity index (χ2n) is 6.75. The first-order valence-corrected chi connectivity index (χ1v) is 7.71. The summed E-state index contributed by atoms with van der Waals surface area (Å²) >= 11 is 0. The fourth-order valence-electron chi connectivity index (χ4n) is 3.70. The standard InChI is InChI=1S/C16H20N2O7/c1-5-24-12(19)16(13(20)25-23)9-10-7-6-8-17-11(10)18(16,14(21)22)15(2,3)4/h6-8H,5,9H2,1-4H3,(H-,21,22,23)/p+1. The van der Waals surface area contributed by atoms with E-state index >= 15 is 0 Å². The van der Waals surface area contributed by atoms with E-state index in [9.17, 15) is 19.5 Å². The highest BCUT2D eigenvalue weighted by molar-refractivity contribution is 6.13. The zero-order valence-corrected chi connectivity index (χ0v) is 14.5. The zero-order valence-electron chi connectivity index (χ0n) is 14.5. The van der Waals surface area contributed by atoms with Crippen molar-refractivity contribution in [1.29, 1.82) is 0 Å². The van der Waals surface area contributed by atoms with Crippen molar-refractivity contribution >= 4 is 23.8 Å². The molecule has 1 aliphatic heterocycles. The van der Waals surface area contributed by atoms with Crippen molar-refractivity contribution in [3.63, 3.8) is 0 Å². The summed E-state index contributed by atoms with van der Waals surface area (Å²) in [5.74, 6) is -2.47. The molecule has 9 heteroatoms. The van der Waals surface area contributed by atoms with Crippen molar-refractivity contribution in [3.8, 4) is 0 Å². The van der Waals surface area contributed by atoms with E-state index < -0.39 is 33.6 Å². The first-order chi connectivity index (χ1) is 11.6. The van der Waals surface area contributed by atoms with Crippen LogP contribution in [-0.4, -0.2) is 51.1 Å². The molecule has 2 atom stereocenters. The minimum absolute atomic E-state index is 0.0287. The van der Waals surface area contributed by atoms with E-state index in [-0.39, 0.29) is 18.8 Å². The molecule has 25 heavy (non-hydrogen) atoms. The number of pyridine rings is 1. The van der Waals surface area contributed by atoms with E-state index in [0.29, 0.717) is 5.56 Å². The Balaban J connectivity index is 2.98. The second-order valence-corrected chi connectivity index (χ2v) is 6.75. The molecule has 1 amide bonds. The average molecular weight is 353 g/mol. The van der Waals surface area contributed by atoms with Gasteiger partial charge in [0, 0.05) is 11.8 Å². The Kier molecular flexibility index (Phi) is 4.58. The quantitative estimate of drug-likeness (QED) is 0.277. The number of amides is 1. The van der Waals surface area contributed by atoms with Crippen LogP contribution in [0.4, 0.5) is 10.6 Å². The predicted octanol–water partition coefficient (Wildman–Crippen LogP) is 1.74. The molecular weight excluding hydrogens is 332 g/mol. The Morgan fingerprint density at radius 2 is 1.96 bits per heavy atom. The molecule has 1 aliphatic rings. The number of esters is 1. The van der Waals surface area contributed by atoms with Crippen LogP contribution >= 0.6 is 0 Å². The molecule has 0 aliphatic carbocycles. The highest BCUT2D eigenvalue weighted by atomic mass is 17.1. The van der Waals surface area contributed by atoms with Gasteiger partial charge in [-0.2, -0.15) is 10.1 Å². The van der Waals surface area contributed by atoms with Crippen molar-refractivity contribution in [2.75, 3.05) is 6.61 Å². The summed E-state index contributed by atoms with van der Waals surface area (Å²) in [4.78, 5) is 46.0. The van der Waals surface area contributed by atoms with Crippen molar-refractivity contribution in [1.82, 2.24) is 9.47 Å². The molecule has 2 heterocycles. The van der Waals surface area contributed by atoms with Gasteiger partial charge in [0.1, 0.15) is 5.54 Å². The Labute approximate surface area is 144 Å². The van der Waals surface area contributed by atoms with E-state index in [1.807, 2.05) is 0 Å². The van der Waals surface area contributed by atoms with Gasteiger partial charge in [-0.3, -0.25) is 4.89 Å². The number of nitrogens with zero attached hydrogens (tertiary/aromatic N) is 2. The number of quaternary nitrogens is 1. The molecule has 0 fully saturated rings. The van der Waals surface area contributed by atoms with Crippen molar-refractivity contribution in [2.24, 2.45) is 0 Å². The molecule has 2 rings (SSSR count). The minimum atomic E-state index is -2.36. The molecule has 136 valence electrons. The third kappa shape index (κ3) is 2.23. The lowest BCUT2D eigenvalue weighted by atomic mass is 9.87. The Hall–Kier alpha value is -2.52. The molecule has 1 aromatic rings. The summed E-state index contributed by atoms with van der Waals surface area (Å²) in [5, 5.41) is 19.2. The topological polar surface area (TPSA) is 123 Å². The van der Waals surface area contributed by atoms with Gasteiger partial charge in [0.05, 0.1) is 13.0 Å². The fraction of sp³-hybridized carbons (Fsp3) is 0.500. The first kappa shape index (κ1) is 18.8. The maximum absolute atomic E-state index is 12.9. The molecule has 2 N–H and O–H groups in total. The van der Waals surface area contributed by atoms with Crippen LogP contribution in [0.5, 0.6) is 0 Å². The predicted molar refractivity (Wildman–Crippen MR) is 85.6 cm³/mol. The number of hydrogen-bond donors (Lipinski definition) is 2. The maximum Gasteiger partial charge on any atom is 0.521 e. The minimum Gasteiger partial charge on any atom is -0.461 e. The van der Waals surface area contributed by atoms with E-state index in [2.05, 4.69) is 9.87 Å². The van der Waals surface area contributed by atoms with Crippen LogP contribution in [0, 0.1) is 0 Å². The Morgan fingerprint density at radius 1 is 1.32 bits per heavy atom.